The van der Waals surface area contributed by atoms with Crippen LogP contribution in [0.2, 0.25) is 0 Å². The molecule has 0 aromatic rings. The van der Waals surface area contributed by atoms with Crippen molar-refractivity contribution in [1.29, 1.82) is 0 Å². The van der Waals surface area contributed by atoms with Crippen molar-refractivity contribution < 1.29 is 43.6 Å². The van der Waals surface area contributed by atoms with E-state index in [-0.39, 0.29) is 0 Å². The molecule has 0 aromatic carbocycles. The zero-order valence-corrected chi connectivity index (χ0v) is 12.1. The van der Waals surface area contributed by atoms with Crippen LogP contribution >= 0.6 is 0 Å². The fourth-order valence-corrected chi connectivity index (χ4v) is 2.09. The maximum Gasteiger partial charge on any atom is 0.337 e. The number of hydrogen-bond acceptors (Lipinski definition) is 8. The van der Waals surface area contributed by atoms with Gasteiger partial charge in [-0.25, -0.2) is 4.79 Å². The first-order valence-electron chi connectivity index (χ1n) is 6.31. The zero-order valence-electron chi connectivity index (χ0n) is 12.1. The number of carbonyl (C=O) groups is 4. The molecule has 10 nitrogen and oxygen atoms in total. The van der Waals surface area contributed by atoms with Gasteiger partial charge in [0.25, 0.3) is 0 Å². The van der Waals surface area contributed by atoms with E-state index in [2.05, 4.69) is 5.32 Å². The van der Waals surface area contributed by atoms with Crippen LogP contribution in [0.15, 0.2) is 0 Å². The van der Waals surface area contributed by atoms with Crippen LogP contribution in [0.25, 0.3) is 0 Å². The largest absolute Gasteiger partial charge is 0.479 e. The highest BCUT2D eigenvalue weighted by atomic mass is 16.7. The van der Waals surface area contributed by atoms with Crippen LogP contribution in [0.4, 0.5) is 0 Å². The number of aliphatic carboxylic acids is 1. The van der Waals surface area contributed by atoms with Gasteiger partial charge in [-0.15, -0.1) is 0 Å². The number of esters is 2. The van der Waals surface area contributed by atoms with Gasteiger partial charge in [0.1, 0.15) is 6.04 Å². The average molecular weight is 319 g/mol. The highest BCUT2D eigenvalue weighted by Gasteiger charge is 2.52. The molecule has 0 radical (unpaired) electrons. The second-order valence-electron chi connectivity index (χ2n) is 4.66. The first-order valence-corrected chi connectivity index (χ1v) is 6.31. The molecule has 1 aliphatic rings. The predicted octanol–water partition coefficient (Wildman–Crippen LogP) is -1.84. The Bertz CT molecular complexity index is 477. The number of carboxylic acid groups (broad SMARTS) is 1. The van der Waals surface area contributed by atoms with Gasteiger partial charge in [0.2, 0.25) is 5.91 Å². The van der Waals surface area contributed by atoms with Gasteiger partial charge in [0.15, 0.2) is 24.6 Å². The molecule has 1 aliphatic heterocycles. The van der Waals surface area contributed by atoms with Crippen molar-refractivity contribution >= 4 is 23.8 Å². The second-order valence-corrected chi connectivity index (χ2v) is 4.66. The van der Waals surface area contributed by atoms with Crippen molar-refractivity contribution in [2.45, 2.75) is 51.4 Å². The predicted molar refractivity (Wildman–Crippen MR) is 67.2 cm³/mol. The highest BCUT2D eigenvalue weighted by Crippen LogP contribution is 2.25. The van der Waals surface area contributed by atoms with E-state index in [0.717, 1.165) is 20.8 Å². The van der Waals surface area contributed by atoms with E-state index >= 15 is 0 Å². The molecule has 0 saturated carbocycles. The first kappa shape index (κ1) is 17.9. The number of carbonyl (C=O) groups excluding carboxylic acids is 3. The molecule has 0 aromatic heterocycles. The van der Waals surface area contributed by atoms with E-state index < -0.39 is 54.5 Å². The van der Waals surface area contributed by atoms with Crippen molar-refractivity contribution in [3.05, 3.63) is 0 Å². The molecule has 22 heavy (non-hydrogen) atoms. The summed E-state index contributed by atoms with van der Waals surface area (Å²) in [6, 6.07) is -1.29. The summed E-state index contributed by atoms with van der Waals surface area (Å²) in [5, 5.41) is 21.2. The van der Waals surface area contributed by atoms with Crippen LogP contribution in [0.3, 0.4) is 0 Å². The quantitative estimate of drug-likeness (QED) is 0.508. The molecular formula is C12H17NO9. The Kier molecular flexibility index (Phi) is 5.83. The molecule has 0 bridgehead atoms. The van der Waals surface area contributed by atoms with E-state index in [1.54, 1.807) is 0 Å². The molecule has 10 heteroatoms. The lowest BCUT2D eigenvalue weighted by Crippen LogP contribution is -2.66. The Morgan fingerprint density at radius 1 is 1.00 bits per heavy atom. The van der Waals surface area contributed by atoms with Crippen LogP contribution < -0.4 is 5.32 Å². The molecule has 0 spiro atoms. The summed E-state index contributed by atoms with van der Waals surface area (Å²) < 4.78 is 14.6. The van der Waals surface area contributed by atoms with Crippen LogP contribution in [-0.4, -0.2) is 64.7 Å². The molecule has 1 heterocycles. The zero-order chi connectivity index (χ0) is 17.0. The maximum absolute atomic E-state index is 11.2. The van der Waals surface area contributed by atoms with Crippen LogP contribution in [0, 0.1) is 0 Å². The summed E-state index contributed by atoms with van der Waals surface area (Å²) in [7, 11) is 0. The molecule has 5 atom stereocenters. The smallest absolute Gasteiger partial charge is 0.337 e. The van der Waals surface area contributed by atoms with Crippen LogP contribution in [0.5, 0.6) is 0 Å². The maximum atomic E-state index is 11.2. The van der Waals surface area contributed by atoms with Gasteiger partial charge in [0, 0.05) is 20.8 Å². The molecule has 0 unspecified atom stereocenters. The normalized spacial score (nSPS) is 31.0. The highest BCUT2D eigenvalue weighted by molar-refractivity contribution is 5.76. The van der Waals surface area contributed by atoms with E-state index in [0.29, 0.717) is 0 Å². The number of ether oxygens (including phenoxy) is 3. The third kappa shape index (κ3) is 4.40. The first-order chi connectivity index (χ1) is 10.1. The fourth-order valence-electron chi connectivity index (χ4n) is 2.09. The summed E-state index contributed by atoms with van der Waals surface area (Å²) in [5.74, 6) is -3.76. The van der Waals surface area contributed by atoms with E-state index in [9.17, 15) is 24.3 Å². The number of aliphatic hydroxyl groups is 1. The standard InChI is InChI=1S/C12H17NO9/c1-4(14)13-7-8(20-5(2)15)9(21-6(3)16)10(11(17)18)22-12(7)19/h7-10,12,19H,1-3H3,(H,13,14)(H,17,18)/t7-,8-,9+,10-,12-/m1/s1. The SMILES string of the molecule is CC(=O)N[C@@H]1[C@@H](OC(C)=O)[C@H](OC(C)=O)[C@H](C(=O)O)O[C@H]1O. The third-order valence-electron chi connectivity index (χ3n) is 2.79. The van der Waals surface area contributed by atoms with Gasteiger partial charge in [0.05, 0.1) is 0 Å². The Morgan fingerprint density at radius 2 is 1.50 bits per heavy atom. The van der Waals surface area contributed by atoms with Gasteiger partial charge in [-0.1, -0.05) is 0 Å². The van der Waals surface area contributed by atoms with Crippen molar-refractivity contribution in [2.24, 2.45) is 0 Å². The molecule has 3 N–H and O–H groups in total. The molecule has 1 rings (SSSR count). The number of carboxylic acids is 1. The average Bonchev–Trinajstić information content (AvgIpc) is 2.34. The van der Waals surface area contributed by atoms with Gasteiger partial charge in [-0.3, -0.25) is 14.4 Å². The Balaban J connectivity index is 3.18. The minimum absolute atomic E-state index is 0.583. The summed E-state index contributed by atoms with van der Waals surface area (Å²) in [6.07, 6.45) is -6.47. The minimum atomic E-state index is -1.76. The van der Waals surface area contributed by atoms with E-state index in [1.807, 2.05) is 0 Å². The van der Waals surface area contributed by atoms with Crippen LogP contribution in [0.1, 0.15) is 20.8 Å². The van der Waals surface area contributed by atoms with E-state index in [1.165, 1.54) is 0 Å². The van der Waals surface area contributed by atoms with Gasteiger partial charge in [-0.05, 0) is 0 Å². The lowest BCUT2D eigenvalue weighted by atomic mass is 9.96. The summed E-state index contributed by atoms with van der Waals surface area (Å²) in [5.41, 5.74) is 0. The minimum Gasteiger partial charge on any atom is -0.479 e. The third-order valence-corrected chi connectivity index (χ3v) is 2.79. The summed E-state index contributed by atoms with van der Waals surface area (Å²) >= 11 is 0. The summed E-state index contributed by atoms with van der Waals surface area (Å²) in [6.45, 7) is 3.22. The van der Waals surface area contributed by atoms with Gasteiger partial charge >= 0.3 is 17.9 Å². The topological polar surface area (TPSA) is 148 Å². The second kappa shape index (κ2) is 7.18. The Hall–Kier alpha value is -2.20. The van der Waals surface area contributed by atoms with Crippen LogP contribution in [-0.2, 0) is 33.4 Å². The number of hydrogen-bond donors (Lipinski definition) is 3. The summed E-state index contributed by atoms with van der Waals surface area (Å²) in [4.78, 5) is 44.8. The lowest BCUT2D eigenvalue weighted by molar-refractivity contribution is -0.258. The molecule has 124 valence electrons. The molecule has 1 saturated heterocycles. The number of aliphatic hydroxyl groups excluding tert-OH is 1. The fraction of sp³-hybridized carbons (Fsp3) is 0.667. The Morgan fingerprint density at radius 3 is 1.91 bits per heavy atom. The molecule has 1 fully saturated rings. The van der Waals surface area contributed by atoms with Gasteiger partial charge < -0.3 is 29.7 Å². The monoisotopic (exact) mass is 319 g/mol. The van der Waals surface area contributed by atoms with Crippen molar-refractivity contribution in [3.63, 3.8) is 0 Å². The lowest BCUT2D eigenvalue weighted by Gasteiger charge is -2.42. The molecule has 1 amide bonds. The molecular weight excluding hydrogens is 302 g/mol. The number of rotatable bonds is 4. The Labute approximate surface area is 125 Å². The molecule has 0 aliphatic carbocycles. The van der Waals surface area contributed by atoms with Crippen molar-refractivity contribution in [1.82, 2.24) is 5.32 Å². The van der Waals surface area contributed by atoms with E-state index in [4.69, 9.17) is 19.3 Å². The number of nitrogens with one attached hydrogen (secondary N) is 1. The van der Waals surface area contributed by atoms with Crippen molar-refractivity contribution in [2.75, 3.05) is 0 Å². The number of amides is 1. The van der Waals surface area contributed by atoms with Crippen molar-refractivity contribution in [3.8, 4) is 0 Å². The van der Waals surface area contributed by atoms with Gasteiger partial charge in [-0.2, -0.15) is 0 Å².